The van der Waals surface area contributed by atoms with Crippen LogP contribution in [0.1, 0.15) is 25.4 Å². The highest BCUT2D eigenvalue weighted by Crippen LogP contribution is 2.44. The number of fused-ring (bicyclic) bond motifs is 1. The average molecular weight is 696 g/mol. The summed E-state index contributed by atoms with van der Waals surface area (Å²) < 4.78 is 5.58. The first kappa shape index (κ1) is 32.2. The summed E-state index contributed by atoms with van der Waals surface area (Å²) in [5.41, 5.74) is 2.09. The fourth-order valence-corrected chi connectivity index (χ4v) is 6.75. The molecule has 5 heterocycles. The number of aromatic hydroxyl groups is 1. The molecule has 0 saturated carbocycles. The molecule has 1 saturated heterocycles. The Morgan fingerprint density at radius 1 is 1.28 bits per heavy atom. The Kier molecular flexibility index (Phi) is 8.59. The monoisotopic (exact) mass is 695 g/mol. The van der Waals surface area contributed by atoms with Crippen LogP contribution in [0.15, 0.2) is 38.0 Å². The smallest absolute Gasteiger partial charge is 0.353 e. The number of tetrazole rings is 1. The highest BCUT2D eigenvalue weighted by molar-refractivity contribution is 8.06. The summed E-state index contributed by atoms with van der Waals surface area (Å²) in [6, 6.07) is -0.246. The van der Waals surface area contributed by atoms with E-state index in [4.69, 9.17) is 10.6 Å². The lowest BCUT2D eigenvalue weighted by Gasteiger charge is -2.49. The molecular formula is C22H21N11O10S3. The number of pyridine rings is 1. The van der Waals surface area contributed by atoms with E-state index in [0.717, 1.165) is 52.2 Å². The van der Waals surface area contributed by atoms with Gasteiger partial charge in [0, 0.05) is 28.3 Å². The standard InChI is InChI=1S/C22H21N11O10S3/c1-22(2,19(40)41)43-27-11(14-25-20(23)46-28-14)15(36)24-12-16(37)33-13(18(38)39)10(6-44-17(12)33)45-21-26-29-30-31(21)4-7-3-8(34)9(35)5-32(7)42/h3,5,12,17,35,42H,4,6H2,1-2H3,(H,24,36)(H,38,39)(H,40,41)(H2,23,25,28)/b27-11-/t12-,17-/m1/s1. The van der Waals surface area contributed by atoms with Crippen LogP contribution in [0.3, 0.4) is 0 Å². The van der Waals surface area contributed by atoms with Crippen LogP contribution in [0, 0.1) is 0 Å². The van der Waals surface area contributed by atoms with Gasteiger partial charge < -0.3 is 36.4 Å². The van der Waals surface area contributed by atoms with E-state index in [1.54, 1.807) is 0 Å². The Morgan fingerprint density at radius 3 is 2.67 bits per heavy atom. The lowest BCUT2D eigenvalue weighted by atomic mass is 10.0. The lowest BCUT2D eigenvalue weighted by Crippen LogP contribution is -2.71. The highest BCUT2D eigenvalue weighted by Gasteiger charge is 2.55. The number of aliphatic carboxylic acids is 2. The van der Waals surface area contributed by atoms with Crippen molar-refractivity contribution in [1.29, 1.82) is 0 Å². The van der Waals surface area contributed by atoms with Gasteiger partial charge in [0.1, 0.15) is 17.1 Å². The van der Waals surface area contributed by atoms with E-state index in [0.29, 0.717) is 4.73 Å². The summed E-state index contributed by atoms with van der Waals surface area (Å²) in [5.74, 6) is -5.52. The summed E-state index contributed by atoms with van der Waals surface area (Å²) in [6.07, 6.45) is 0.796. The average Bonchev–Trinajstić information content (AvgIpc) is 3.62. The molecule has 242 valence electrons. The predicted octanol–water partition coefficient (Wildman–Crippen LogP) is -1.67. The Bertz CT molecular complexity index is 1880. The van der Waals surface area contributed by atoms with Crippen LogP contribution in [0.5, 0.6) is 5.75 Å². The van der Waals surface area contributed by atoms with Crippen molar-refractivity contribution in [2.24, 2.45) is 5.16 Å². The summed E-state index contributed by atoms with van der Waals surface area (Å²) in [4.78, 5) is 72.2. The Balaban J connectivity index is 1.35. The molecule has 2 atom stereocenters. The van der Waals surface area contributed by atoms with Gasteiger partial charge in [-0.05, 0) is 36.0 Å². The highest BCUT2D eigenvalue weighted by atomic mass is 32.2. The van der Waals surface area contributed by atoms with E-state index in [2.05, 4.69) is 35.4 Å². The van der Waals surface area contributed by atoms with Crippen molar-refractivity contribution in [2.45, 2.75) is 42.6 Å². The molecule has 3 aromatic rings. The van der Waals surface area contributed by atoms with Gasteiger partial charge in [-0.15, -0.1) is 16.9 Å². The van der Waals surface area contributed by atoms with Crippen molar-refractivity contribution >= 4 is 69.7 Å². The molecule has 24 heteroatoms. The zero-order valence-corrected chi connectivity index (χ0v) is 25.7. The van der Waals surface area contributed by atoms with Crippen LogP contribution in [-0.4, -0.2) is 112 Å². The first-order valence-electron chi connectivity index (χ1n) is 12.6. The van der Waals surface area contributed by atoms with Crippen molar-refractivity contribution in [3.63, 3.8) is 0 Å². The summed E-state index contributed by atoms with van der Waals surface area (Å²) in [7, 11) is 0. The maximum absolute atomic E-state index is 13.2. The van der Waals surface area contributed by atoms with Gasteiger partial charge in [-0.2, -0.15) is 14.1 Å². The normalized spacial score (nSPS) is 18.2. The van der Waals surface area contributed by atoms with E-state index in [1.165, 1.54) is 18.5 Å². The van der Waals surface area contributed by atoms with E-state index in [1.807, 2.05) is 0 Å². The number of rotatable bonds is 11. The lowest BCUT2D eigenvalue weighted by molar-refractivity contribution is -0.161. The van der Waals surface area contributed by atoms with E-state index in [-0.39, 0.29) is 44.7 Å². The minimum absolute atomic E-state index is 0.00865. The fourth-order valence-electron chi connectivity index (χ4n) is 3.90. The molecule has 0 aliphatic carbocycles. The van der Waals surface area contributed by atoms with Crippen molar-refractivity contribution in [3.05, 3.63) is 44.6 Å². The molecule has 5 rings (SSSR count). The predicted molar refractivity (Wildman–Crippen MR) is 156 cm³/mol. The number of hydrogen-bond acceptors (Lipinski definition) is 18. The van der Waals surface area contributed by atoms with Gasteiger partial charge in [0.15, 0.2) is 10.9 Å². The second-order valence-corrected chi connectivity index (χ2v) is 12.8. The second kappa shape index (κ2) is 12.3. The Morgan fingerprint density at radius 2 is 2.02 bits per heavy atom. The number of anilines is 1. The zero-order valence-electron chi connectivity index (χ0n) is 23.3. The van der Waals surface area contributed by atoms with Crippen molar-refractivity contribution in [1.82, 2.24) is 44.5 Å². The molecule has 7 N–H and O–H groups in total. The molecule has 2 aliphatic rings. The maximum Gasteiger partial charge on any atom is 0.353 e. The number of nitrogens with zero attached hydrogens (tertiary/aromatic N) is 9. The third-order valence-corrected chi connectivity index (χ3v) is 9.35. The number of nitrogen functional groups attached to an aromatic ring is 1. The molecular weight excluding hydrogens is 675 g/mol. The molecule has 3 aromatic heterocycles. The number of amides is 2. The van der Waals surface area contributed by atoms with Crippen molar-refractivity contribution in [2.75, 3.05) is 11.5 Å². The Labute approximate surface area is 267 Å². The minimum atomic E-state index is -1.84. The first-order chi connectivity index (χ1) is 21.7. The third-order valence-electron chi connectivity index (χ3n) is 6.29. The number of thioether (sulfide) groups is 2. The van der Waals surface area contributed by atoms with Crippen molar-refractivity contribution < 1.29 is 44.5 Å². The summed E-state index contributed by atoms with van der Waals surface area (Å²) in [5, 5.41) is 55.4. The molecule has 0 spiro atoms. The van der Waals surface area contributed by atoms with Crippen molar-refractivity contribution in [3.8, 4) is 5.75 Å². The van der Waals surface area contributed by atoms with Crippen LogP contribution >= 0.6 is 35.1 Å². The third kappa shape index (κ3) is 6.16. The number of aromatic nitrogens is 7. The van der Waals surface area contributed by atoms with E-state index >= 15 is 0 Å². The number of β-lactam (4-membered cyclic amide) rings is 1. The number of nitrogens with two attached hydrogens (primary N) is 1. The Hall–Kier alpha value is -5.23. The van der Waals surface area contributed by atoms with Gasteiger partial charge in [0.05, 0.1) is 18.4 Å². The topological polar surface area (TPSA) is 303 Å². The van der Waals surface area contributed by atoms with E-state index in [9.17, 15) is 44.5 Å². The van der Waals surface area contributed by atoms with Gasteiger partial charge in [0.25, 0.3) is 11.8 Å². The minimum Gasteiger partial charge on any atom is -0.503 e. The maximum atomic E-state index is 13.2. The number of carboxylic acid groups (broad SMARTS) is 2. The summed E-state index contributed by atoms with van der Waals surface area (Å²) in [6.45, 7) is 2.14. The molecule has 0 bridgehead atoms. The molecule has 1 fully saturated rings. The van der Waals surface area contributed by atoms with Gasteiger partial charge in [0.2, 0.25) is 27.7 Å². The number of carbonyl (C=O) groups excluding carboxylic acids is 2. The van der Waals surface area contributed by atoms with Crippen LogP contribution in [0.2, 0.25) is 0 Å². The molecule has 0 unspecified atom stereocenters. The molecule has 0 aromatic carbocycles. The van der Waals surface area contributed by atoms with Crippen LogP contribution in [0.4, 0.5) is 5.13 Å². The molecule has 21 nitrogen and oxygen atoms in total. The van der Waals surface area contributed by atoms with Gasteiger partial charge >= 0.3 is 11.9 Å². The number of oxime groups is 1. The van der Waals surface area contributed by atoms with Gasteiger partial charge in [-0.25, -0.2) is 14.3 Å². The van der Waals surface area contributed by atoms with Crippen LogP contribution < -0.4 is 16.5 Å². The number of hydrogen-bond donors (Lipinski definition) is 6. The largest absolute Gasteiger partial charge is 0.503 e. The fraction of sp³-hybridized carbons (Fsp3) is 0.318. The summed E-state index contributed by atoms with van der Waals surface area (Å²) >= 11 is 2.69. The zero-order chi connectivity index (χ0) is 33.5. The van der Waals surface area contributed by atoms with Crippen LogP contribution in [0.25, 0.3) is 0 Å². The molecule has 2 aliphatic heterocycles. The quantitative estimate of drug-likeness (QED) is 0.0565. The second-order valence-electron chi connectivity index (χ2n) is 9.82. The van der Waals surface area contributed by atoms with Gasteiger partial charge in [-0.3, -0.25) is 19.3 Å². The first-order valence-corrected chi connectivity index (χ1v) is 15.2. The van der Waals surface area contributed by atoms with E-state index < -0.39 is 57.7 Å². The SMILES string of the molecule is CC(C)(O/N=C(\C(=O)N[C@@H]1C(=O)N2C(C(=O)O)=C(Sc3nnnn3Cc3cc(=O)c(O)cn3O)CS[C@H]12)c1nsc(N)n1)C(=O)O. The number of carboxylic acids is 2. The molecule has 46 heavy (non-hydrogen) atoms. The number of nitrogens with one attached hydrogen (secondary N) is 1. The number of carbonyl (C=O) groups is 4. The molecule has 0 radical (unpaired) electrons. The van der Waals surface area contributed by atoms with Crippen LogP contribution in [-0.2, 0) is 30.6 Å². The van der Waals surface area contributed by atoms with Gasteiger partial charge in [-0.1, -0.05) is 5.16 Å². The molecule has 2 amide bonds.